The molecule has 0 radical (unpaired) electrons. The van der Waals surface area contributed by atoms with E-state index in [0.717, 1.165) is 11.3 Å². The number of hydrogen-bond acceptors (Lipinski definition) is 3. The van der Waals surface area contributed by atoms with E-state index in [9.17, 15) is 4.79 Å². The van der Waals surface area contributed by atoms with Crippen LogP contribution in [0.4, 0.5) is 0 Å². The van der Waals surface area contributed by atoms with E-state index >= 15 is 0 Å². The first-order valence-corrected chi connectivity index (χ1v) is 5.94. The zero-order valence-corrected chi connectivity index (χ0v) is 10.1. The lowest BCUT2D eigenvalue weighted by molar-refractivity contribution is -0.144. The minimum Gasteiger partial charge on any atom is -0.461 e. The topological polar surface area (TPSA) is 39.2 Å². The van der Waals surface area contributed by atoms with Crippen molar-refractivity contribution in [2.75, 3.05) is 0 Å². The Labute approximate surface area is 106 Å². The van der Waals surface area contributed by atoms with Crippen molar-refractivity contribution in [3.8, 4) is 0 Å². The normalized spacial score (nSPS) is 10.0. The van der Waals surface area contributed by atoms with Gasteiger partial charge in [-0.2, -0.15) is 0 Å². The molecule has 0 amide bonds. The lowest BCUT2D eigenvalue weighted by Gasteiger charge is -2.04. The first-order chi connectivity index (χ1) is 8.84. The Morgan fingerprint density at radius 1 is 1.06 bits per heavy atom. The van der Waals surface area contributed by atoms with Gasteiger partial charge in [0.25, 0.3) is 0 Å². The van der Waals surface area contributed by atoms with Gasteiger partial charge in [-0.15, -0.1) is 0 Å². The Kier molecular flexibility index (Phi) is 4.47. The van der Waals surface area contributed by atoms with Gasteiger partial charge in [-0.3, -0.25) is 9.78 Å². The molecule has 92 valence electrons. The van der Waals surface area contributed by atoms with Crippen LogP contribution in [0, 0.1) is 0 Å². The highest BCUT2D eigenvalue weighted by Crippen LogP contribution is 2.04. The lowest BCUT2D eigenvalue weighted by Crippen LogP contribution is -2.06. The van der Waals surface area contributed by atoms with Crippen molar-refractivity contribution < 1.29 is 9.53 Å². The van der Waals surface area contributed by atoms with Crippen molar-refractivity contribution in [2.24, 2.45) is 0 Å². The molecule has 0 fully saturated rings. The van der Waals surface area contributed by atoms with Crippen molar-refractivity contribution >= 4 is 5.97 Å². The summed E-state index contributed by atoms with van der Waals surface area (Å²) in [6, 6.07) is 15.3. The quantitative estimate of drug-likeness (QED) is 0.755. The van der Waals surface area contributed by atoms with Crippen LogP contribution in [0.25, 0.3) is 0 Å². The number of pyridine rings is 1. The molecule has 0 saturated carbocycles. The third kappa shape index (κ3) is 4.01. The van der Waals surface area contributed by atoms with Gasteiger partial charge in [0.1, 0.15) is 6.61 Å². The first-order valence-electron chi connectivity index (χ1n) is 5.94. The molecule has 1 aromatic heterocycles. The van der Waals surface area contributed by atoms with Crippen molar-refractivity contribution in [2.45, 2.75) is 19.4 Å². The Morgan fingerprint density at radius 2 is 1.83 bits per heavy atom. The summed E-state index contributed by atoms with van der Waals surface area (Å²) in [5.41, 5.74) is 1.91. The third-order valence-electron chi connectivity index (χ3n) is 2.55. The van der Waals surface area contributed by atoms with Crippen molar-refractivity contribution in [3.05, 3.63) is 66.0 Å². The summed E-state index contributed by atoms with van der Waals surface area (Å²) in [5, 5.41) is 0. The van der Waals surface area contributed by atoms with Gasteiger partial charge in [0.15, 0.2) is 0 Å². The fraction of sp³-hybridized carbons (Fsp3) is 0.200. The van der Waals surface area contributed by atoms with Crippen molar-refractivity contribution in [1.29, 1.82) is 0 Å². The standard InChI is InChI=1S/C15H15NO2/c17-15(10-9-14-8-4-5-11-16-14)18-12-13-6-2-1-3-7-13/h1-8,11H,9-10,12H2. The van der Waals surface area contributed by atoms with Gasteiger partial charge in [-0.25, -0.2) is 0 Å². The molecule has 2 rings (SSSR count). The number of ether oxygens (including phenoxy) is 1. The van der Waals surface area contributed by atoms with Gasteiger partial charge in [0.2, 0.25) is 0 Å². The third-order valence-corrected chi connectivity index (χ3v) is 2.55. The van der Waals surface area contributed by atoms with Crippen LogP contribution in [0.15, 0.2) is 54.7 Å². The monoisotopic (exact) mass is 241 g/mol. The number of esters is 1. The molecular weight excluding hydrogens is 226 g/mol. The molecule has 1 aromatic carbocycles. The second-order valence-corrected chi connectivity index (χ2v) is 3.97. The lowest BCUT2D eigenvalue weighted by atomic mass is 10.2. The summed E-state index contributed by atoms with van der Waals surface area (Å²) >= 11 is 0. The number of carbonyl (C=O) groups excluding carboxylic acids is 1. The van der Waals surface area contributed by atoms with Gasteiger partial charge in [0.05, 0.1) is 6.42 Å². The van der Waals surface area contributed by atoms with Gasteiger partial charge in [0, 0.05) is 18.3 Å². The minimum atomic E-state index is -0.190. The Hall–Kier alpha value is -2.16. The Balaban J connectivity index is 1.73. The predicted octanol–water partition coefficient (Wildman–Crippen LogP) is 2.76. The molecule has 0 bridgehead atoms. The molecule has 3 heteroatoms. The maximum Gasteiger partial charge on any atom is 0.306 e. The van der Waals surface area contributed by atoms with Crippen LogP contribution in [-0.4, -0.2) is 11.0 Å². The highest BCUT2D eigenvalue weighted by atomic mass is 16.5. The summed E-state index contributed by atoms with van der Waals surface area (Å²) < 4.78 is 5.18. The average Bonchev–Trinajstić information content (AvgIpc) is 2.45. The van der Waals surface area contributed by atoms with E-state index < -0.39 is 0 Å². The van der Waals surface area contributed by atoms with E-state index in [1.54, 1.807) is 6.20 Å². The van der Waals surface area contributed by atoms with Crippen LogP contribution in [-0.2, 0) is 22.6 Å². The summed E-state index contributed by atoms with van der Waals surface area (Å²) in [5.74, 6) is -0.190. The number of benzene rings is 1. The number of hydrogen-bond donors (Lipinski definition) is 0. The van der Waals surface area contributed by atoms with E-state index in [0.29, 0.717) is 19.4 Å². The fourth-order valence-electron chi connectivity index (χ4n) is 1.59. The van der Waals surface area contributed by atoms with Gasteiger partial charge < -0.3 is 4.74 Å². The van der Waals surface area contributed by atoms with E-state index in [-0.39, 0.29) is 5.97 Å². The molecule has 1 heterocycles. The van der Waals surface area contributed by atoms with Gasteiger partial charge in [-0.05, 0) is 17.7 Å². The fourth-order valence-corrected chi connectivity index (χ4v) is 1.59. The van der Waals surface area contributed by atoms with Crippen LogP contribution in [0.2, 0.25) is 0 Å². The number of aromatic nitrogens is 1. The highest BCUT2D eigenvalue weighted by Gasteiger charge is 2.04. The zero-order valence-electron chi connectivity index (χ0n) is 10.1. The SMILES string of the molecule is O=C(CCc1ccccn1)OCc1ccccc1. The maximum absolute atomic E-state index is 11.5. The van der Waals surface area contributed by atoms with Crippen LogP contribution in [0.5, 0.6) is 0 Å². The van der Waals surface area contributed by atoms with Crippen LogP contribution in [0.1, 0.15) is 17.7 Å². The highest BCUT2D eigenvalue weighted by molar-refractivity contribution is 5.69. The molecule has 0 aliphatic carbocycles. The molecular formula is C15H15NO2. The minimum absolute atomic E-state index is 0.190. The van der Waals surface area contributed by atoms with E-state index in [1.807, 2.05) is 48.5 Å². The first kappa shape index (κ1) is 12.3. The van der Waals surface area contributed by atoms with E-state index in [1.165, 1.54) is 0 Å². The van der Waals surface area contributed by atoms with Crippen molar-refractivity contribution in [1.82, 2.24) is 4.98 Å². The summed E-state index contributed by atoms with van der Waals surface area (Å²) in [6.45, 7) is 0.335. The Bertz CT molecular complexity index is 437. The smallest absolute Gasteiger partial charge is 0.306 e. The van der Waals surface area contributed by atoms with Crippen molar-refractivity contribution in [3.63, 3.8) is 0 Å². The number of rotatable bonds is 5. The van der Waals surface area contributed by atoms with E-state index in [2.05, 4.69) is 4.98 Å². The van der Waals surface area contributed by atoms with Crippen LogP contribution < -0.4 is 0 Å². The molecule has 0 saturated heterocycles. The Morgan fingerprint density at radius 3 is 2.56 bits per heavy atom. The summed E-state index contributed by atoms with van der Waals surface area (Å²) in [4.78, 5) is 15.7. The predicted molar refractivity (Wildman–Crippen MR) is 68.8 cm³/mol. The number of carbonyl (C=O) groups is 1. The molecule has 0 spiro atoms. The number of nitrogens with zero attached hydrogens (tertiary/aromatic N) is 1. The molecule has 3 nitrogen and oxygen atoms in total. The van der Waals surface area contributed by atoms with E-state index in [4.69, 9.17) is 4.74 Å². The van der Waals surface area contributed by atoms with Gasteiger partial charge in [-0.1, -0.05) is 36.4 Å². The summed E-state index contributed by atoms with van der Waals surface area (Å²) in [7, 11) is 0. The molecule has 0 N–H and O–H groups in total. The molecule has 2 aromatic rings. The largest absolute Gasteiger partial charge is 0.461 e. The molecule has 0 atom stereocenters. The second kappa shape index (κ2) is 6.55. The molecule has 0 aliphatic rings. The zero-order chi connectivity index (χ0) is 12.6. The number of aryl methyl sites for hydroxylation is 1. The average molecular weight is 241 g/mol. The van der Waals surface area contributed by atoms with Gasteiger partial charge >= 0.3 is 5.97 Å². The maximum atomic E-state index is 11.5. The van der Waals surface area contributed by atoms with Crippen LogP contribution in [0.3, 0.4) is 0 Å². The summed E-state index contributed by atoms with van der Waals surface area (Å²) in [6.07, 6.45) is 2.71. The molecule has 18 heavy (non-hydrogen) atoms. The second-order valence-electron chi connectivity index (χ2n) is 3.97. The molecule has 0 aliphatic heterocycles. The van der Waals surface area contributed by atoms with Crippen LogP contribution >= 0.6 is 0 Å². The molecule has 0 unspecified atom stereocenters.